The zero-order valence-corrected chi connectivity index (χ0v) is 22.3. The number of amides is 2. The molecule has 1 N–H and O–H groups in total. The van der Waals surface area contributed by atoms with Crippen LogP contribution in [0.15, 0.2) is 78.9 Å². The Balaban J connectivity index is 1.46. The molecule has 0 bridgehead atoms. The number of phenolic OH excluding ortho intramolecular Hbond substituents is 1. The third kappa shape index (κ3) is 7.51. The fourth-order valence-electron chi connectivity index (χ4n) is 4.57. The number of carbonyl (C=O) groups is 2. The van der Waals surface area contributed by atoms with Gasteiger partial charge in [-0.1, -0.05) is 48.5 Å². The maximum atomic E-state index is 13.5. The molecule has 4 rings (SSSR count). The van der Waals surface area contributed by atoms with Gasteiger partial charge >= 0.3 is 6.09 Å². The monoisotopic (exact) mass is 516 g/mol. The molecule has 0 aliphatic carbocycles. The molecule has 1 atom stereocenters. The van der Waals surface area contributed by atoms with Gasteiger partial charge in [0, 0.05) is 26.1 Å². The smallest absolute Gasteiger partial charge is 0.410 e. The summed E-state index contributed by atoms with van der Waals surface area (Å²) in [6.45, 7) is 6.77. The van der Waals surface area contributed by atoms with Gasteiger partial charge < -0.3 is 24.4 Å². The highest BCUT2D eigenvalue weighted by atomic mass is 16.6. The van der Waals surface area contributed by atoms with Gasteiger partial charge in [0.1, 0.15) is 22.8 Å². The van der Waals surface area contributed by atoms with Crippen molar-refractivity contribution in [2.24, 2.45) is 0 Å². The molecule has 1 heterocycles. The highest BCUT2D eigenvalue weighted by molar-refractivity contribution is 5.77. The van der Waals surface area contributed by atoms with E-state index in [0.29, 0.717) is 38.9 Å². The van der Waals surface area contributed by atoms with Crippen LogP contribution in [0.3, 0.4) is 0 Å². The number of para-hydroxylation sites is 2. The van der Waals surface area contributed by atoms with Gasteiger partial charge in [-0.15, -0.1) is 0 Å². The van der Waals surface area contributed by atoms with Crippen molar-refractivity contribution in [1.82, 2.24) is 9.80 Å². The molecular weight excluding hydrogens is 480 g/mol. The maximum Gasteiger partial charge on any atom is 0.410 e. The molecule has 0 radical (unpaired) electrons. The Kier molecular flexibility index (Phi) is 8.56. The predicted molar refractivity (Wildman–Crippen MR) is 146 cm³/mol. The van der Waals surface area contributed by atoms with Gasteiger partial charge in [-0.2, -0.15) is 0 Å². The summed E-state index contributed by atoms with van der Waals surface area (Å²) in [7, 11) is 0. The highest BCUT2D eigenvalue weighted by Crippen LogP contribution is 2.27. The number of hydrogen-bond acceptors (Lipinski definition) is 5. The van der Waals surface area contributed by atoms with Crippen molar-refractivity contribution < 1.29 is 24.2 Å². The summed E-state index contributed by atoms with van der Waals surface area (Å²) >= 11 is 0. The molecule has 2 amide bonds. The van der Waals surface area contributed by atoms with Crippen molar-refractivity contribution >= 4 is 12.0 Å². The zero-order valence-electron chi connectivity index (χ0n) is 22.3. The molecule has 0 aromatic heterocycles. The molecule has 38 heavy (non-hydrogen) atoms. The van der Waals surface area contributed by atoms with E-state index in [1.807, 2.05) is 92.4 Å². The van der Waals surface area contributed by atoms with Gasteiger partial charge in [-0.3, -0.25) is 4.79 Å². The van der Waals surface area contributed by atoms with E-state index in [0.717, 1.165) is 22.6 Å². The number of piperazine rings is 1. The van der Waals surface area contributed by atoms with Crippen molar-refractivity contribution in [3.05, 3.63) is 90.0 Å². The molecule has 0 saturated carbocycles. The Labute approximate surface area is 224 Å². The molecule has 1 saturated heterocycles. The lowest BCUT2D eigenvalue weighted by atomic mass is 10.0. The van der Waals surface area contributed by atoms with Crippen LogP contribution in [0.2, 0.25) is 0 Å². The first-order chi connectivity index (χ1) is 18.2. The van der Waals surface area contributed by atoms with Crippen LogP contribution in [-0.4, -0.2) is 58.2 Å². The van der Waals surface area contributed by atoms with Gasteiger partial charge in [0.25, 0.3) is 0 Å². The molecule has 1 aliphatic rings. The fourth-order valence-corrected chi connectivity index (χ4v) is 4.57. The summed E-state index contributed by atoms with van der Waals surface area (Å²) in [6.07, 6.45) is 1.07. The van der Waals surface area contributed by atoms with Gasteiger partial charge in [-0.05, 0) is 75.1 Å². The third-order valence-electron chi connectivity index (χ3n) is 6.41. The van der Waals surface area contributed by atoms with E-state index < -0.39 is 5.60 Å². The molecule has 7 nitrogen and oxygen atoms in total. The second-order valence-corrected chi connectivity index (χ2v) is 10.6. The van der Waals surface area contributed by atoms with Gasteiger partial charge in [0.2, 0.25) is 5.91 Å². The zero-order chi connectivity index (χ0) is 27.1. The summed E-state index contributed by atoms with van der Waals surface area (Å²) in [4.78, 5) is 29.9. The summed E-state index contributed by atoms with van der Waals surface area (Å²) in [5.41, 5.74) is 1.36. The summed E-state index contributed by atoms with van der Waals surface area (Å²) < 4.78 is 11.7. The molecule has 3 aromatic carbocycles. The minimum Gasteiger partial charge on any atom is -0.508 e. The summed E-state index contributed by atoms with van der Waals surface area (Å²) in [6, 6.07) is 24.1. The molecule has 0 unspecified atom stereocenters. The number of hydrogen-bond donors (Lipinski definition) is 1. The lowest BCUT2D eigenvalue weighted by Gasteiger charge is -2.42. The number of phenols is 1. The van der Waals surface area contributed by atoms with Crippen molar-refractivity contribution in [2.45, 2.75) is 51.7 Å². The number of nitrogens with zero attached hydrogens (tertiary/aromatic N) is 2. The van der Waals surface area contributed by atoms with Gasteiger partial charge in [-0.25, -0.2) is 4.79 Å². The third-order valence-corrected chi connectivity index (χ3v) is 6.41. The Morgan fingerprint density at radius 2 is 1.61 bits per heavy atom. The Bertz CT molecular complexity index is 1220. The van der Waals surface area contributed by atoms with Crippen LogP contribution in [0.4, 0.5) is 4.79 Å². The van der Waals surface area contributed by atoms with E-state index in [1.54, 1.807) is 17.0 Å². The van der Waals surface area contributed by atoms with Crippen molar-refractivity contribution in [3.8, 4) is 17.2 Å². The number of rotatable bonds is 7. The fraction of sp³-hybridized carbons (Fsp3) is 0.355. The van der Waals surface area contributed by atoms with Crippen LogP contribution in [0.1, 0.15) is 38.3 Å². The van der Waals surface area contributed by atoms with E-state index in [4.69, 9.17) is 9.47 Å². The van der Waals surface area contributed by atoms with Gasteiger partial charge in [0.05, 0.1) is 6.04 Å². The van der Waals surface area contributed by atoms with E-state index in [9.17, 15) is 14.7 Å². The van der Waals surface area contributed by atoms with Crippen LogP contribution in [0, 0.1) is 0 Å². The number of aromatic hydroxyl groups is 1. The quantitative estimate of drug-likeness (QED) is 0.429. The van der Waals surface area contributed by atoms with E-state index in [2.05, 4.69) is 0 Å². The number of aryl methyl sites for hydroxylation is 1. The summed E-state index contributed by atoms with van der Waals surface area (Å²) in [5, 5.41) is 9.68. The average molecular weight is 517 g/mol. The second kappa shape index (κ2) is 12.0. The maximum absolute atomic E-state index is 13.5. The molecule has 1 aliphatic heterocycles. The predicted octanol–water partition coefficient (Wildman–Crippen LogP) is 5.81. The standard InChI is InChI=1S/C31H36N2O5/c1-31(2,3)38-30(36)32-19-20-33(25(22-32)21-23-13-16-26(34)17-14-23)29(35)18-15-24-9-7-8-12-28(24)37-27-10-5-4-6-11-27/h4-14,16-17,25,34H,15,18-22H2,1-3H3/t25-/m1/s1. The Morgan fingerprint density at radius 3 is 2.32 bits per heavy atom. The minimum atomic E-state index is -0.592. The Morgan fingerprint density at radius 1 is 0.921 bits per heavy atom. The van der Waals surface area contributed by atoms with Crippen LogP contribution >= 0.6 is 0 Å². The number of benzene rings is 3. The first kappa shape index (κ1) is 27.0. The Hall–Kier alpha value is -4.00. The first-order valence-corrected chi connectivity index (χ1v) is 13.0. The van der Waals surface area contributed by atoms with Crippen LogP contribution in [0.25, 0.3) is 0 Å². The van der Waals surface area contributed by atoms with E-state index in [1.165, 1.54) is 0 Å². The van der Waals surface area contributed by atoms with Gasteiger partial charge in [0.15, 0.2) is 0 Å². The number of carbonyl (C=O) groups excluding carboxylic acids is 2. The molecule has 7 heteroatoms. The number of ether oxygens (including phenoxy) is 2. The molecule has 3 aromatic rings. The van der Waals surface area contributed by atoms with E-state index >= 15 is 0 Å². The van der Waals surface area contributed by atoms with Crippen LogP contribution < -0.4 is 4.74 Å². The van der Waals surface area contributed by atoms with Crippen molar-refractivity contribution in [2.75, 3.05) is 19.6 Å². The highest BCUT2D eigenvalue weighted by Gasteiger charge is 2.34. The minimum absolute atomic E-state index is 0.0344. The molecular formula is C31H36N2O5. The first-order valence-electron chi connectivity index (χ1n) is 13.0. The van der Waals surface area contributed by atoms with Crippen LogP contribution in [-0.2, 0) is 22.4 Å². The lowest BCUT2D eigenvalue weighted by Crippen LogP contribution is -2.57. The second-order valence-electron chi connectivity index (χ2n) is 10.6. The normalized spacial score (nSPS) is 15.7. The molecule has 1 fully saturated rings. The average Bonchev–Trinajstić information content (AvgIpc) is 2.89. The van der Waals surface area contributed by atoms with Crippen molar-refractivity contribution in [3.63, 3.8) is 0 Å². The molecule has 0 spiro atoms. The largest absolute Gasteiger partial charge is 0.508 e. The molecule has 200 valence electrons. The van der Waals surface area contributed by atoms with Crippen molar-refractivity contribution in [1.29, 1.82) is 0 Å². The lowest BCUT2D eigenvalue weighted by molar-refractivity contribution is -0.136. The van der Waals surface area contributed by atoms with Crippen LogP contribution in [0.5, 0.6) is 17.2 Å². The topological polar surface area (TPSA) is 79.3 Å². The van der Waals surface area contributed by atoms with E-state index in [-0.39, 0.29) is 23.8 Å². The SMILES string of the molecule is CC(C)(C)OC(=O)N1CCN(C(=O)CCc2ccccc2Oc2ccccc2)[C@H](Cc2ccc(O)cc2)C1. The summed E-state index contributed by atoms with van der Waals surface area (Å²) in [5.74, 6) is 1.71.